The molecule has 0 spiro atoms. The SMILES string of the molecule is Cc1cc(-c2snc(C)c2NC(=O)O[C@H](C)c2ccccc2Cl)c(Cl)cc1-c1ccc(C2([C-]=O)CC2)cc1.[Na+].[OH-]. The molecular weight excluding hydrogens is 578 g/mol. The fourth-order valence-electron chi connectivity index (χ4n) is 4.57. The topological polar surface area (TPSA) is 98.3 Å². The number of aromatic nitrogens is 1. The first kappa shape index (κ1) is 32.3. The van der Waals surface area contributed by atoms with Crippen molar-refractivity contribution in [2.24, 2.45) is 0 Å². The molecule has 0 radical (unpaired) electrons. The fraction of sp³-hybridized carbons (Fsp3) is 0.233. The molecule has 1 saturated carbocycles. The third-order valence-electron chi connectivity index (χ3n) is 6.97. The zero-order valence-corrected chi connectivity index (χ0v) is 26.9. The monoisotopic (exact) mass is 603 g/mol. The standard InChI is InChI=1S/C30H25Cl2N2O3S.Na.H2O/c1-17-14-24(26(32)15-23(17)20-8-10-21(11-9-20)30(16-35)12-13-30)28-27(18(2)34-38-28)33-29(36)37-19(3)22-6-4-5-7-25(22)31;;/h4-11,14-15,19H,12-13H2,1-3H3,(H,33,36);;1H2/q-1;+1;/p-1/t19-;;/m1../s1. The van der Waals surface area contributed by atoms with Crippen LogP contribution in [0.25, 0.3) is 21.6 Å². The maximum atomic E-state index is 12.8. The summed E-state index contributed by atoms with van der Waals surface area (Å²) < 4.78 is 10.1. The molecule has 202 valence electrons. The number of carbonyl (C=O) groups excluding carboxylic acids is 2. The van der Waals surface area contributed by atoms with Crippen molar-refractivity contribution in [2.75, 3.05) is 5.32 Å². The molecule has 1 aliphatic rings. The predicted octanol–water partition coefficient (Wildman–Crippen LogP) is 5.68. The van der Waals surface area contributed by atoms with Crippen LogP contribution in [0.15, 0.2) is 60.7 Å². The minimum atomic E-state index is -0.604. The van der Waals surface area contributed by atoms with Crippen molar-refractivity contribution in [1.82, 2.24) is 4.37 Å². The van der Waals surface area contributed by atoms with E-state index in [4.69, 9.17) is 27.9 Å². The number of nitrogens with zero attached hydrogens (tertiary/aromatic N) is 1. The van der Waals surface area contributed by atoms with Gasteiger partial charge in [0.15, 0.2) is 0 Å². The van der Waals surface area contributed by atoms with Gasteiger partial charge in [0.25, 0.3) is 0 Å². The average molecular weight is 605 g/mol. The Bertz CT molecular complexity index is 1540. The number of hydrogen-bond acceptors (Lipinski definition) is 6. The maximum Gasteiger partial charge on any atom is 1.00 e. The molecule has 0 aliphatic heterocycles. The third-order valence-corrected chi connectivity index (χ3v) is 8.60. The molecule has 10 heteroatoms. The normalized spacial score (nSPS) is 13.8. The number of benzene rings is 3. The summed E-state index contributed by atoms with van der Waals surface area (Å²) in [6, 6.07) is 19.2. The van der Waals surface area contributed by atoms with Crippen molar-refractivity contribution >= 4 is 52.8 Å². The first-order valence-corrected chi connectivity index (χ1v) is 13.7. The van der Waals surface area contributed by atoms with E-state index in [0.717, 1.165) is 51.1 Å². The molecule has 0 bridgehead atoms. The van der Waals surface area contributed by atoms with E-state index in [1.807, 2.05) is 68.4 Å². The van der Waals surface area contributed by atoms with Crippen LogP contribution in [-0.2, 0) is 14.9 Å². The Hall–Kier alpha value is -2.23. The number of amides is 1. The van der Waals surface area contributed by atoms with Crippen LogP contribution in [0.4, 0.5) is 10.5 Å². The van der Waals surface area contributed by atoms with Crippen LogP contribution < -0.4 is 34.9 Å². The summed E-state index contributed by atoms with van der Waals surface area (Å²) in [5.41, 5.74) is 6.34. The summed E-state index contributed by atoms with van der Waals surface area (Å²) >= 11 is 14.3. The Morgan fingerprint density at radius 1 is 1.05 bits per heavy atom. The van der Waals surface area contributed by atoms with Crippen LogP contribution in [0.5, 0.6) is 0 Å². The van der Waals surface area contributed by atoms with Crippen molar-refractivity contribution in [3.05, 3.63) is 93.1 Å². The van der Waals surface area contributed by atoms with Crippen LogP contribution in [0.2, 0.25) is 10.0 Å². The van der Waals surface area contributed by atoms with Gasteiger partial charge in [0.2, 0.25) is 0 Å². The van der Waals surface area contributed by atoms with E-state index in [1.165, 1.54) is 11.5 Å². The number of halogens is 2. The predicted molar refractivity (Wildman–Crippen MR) is 156 cm³/mol. The van der Waals surface area contributed by atoms with Gasteiger partial charge in [-0.05, 0) is 67.2 Å². The second-order valence-electron chi connectivity index (χ2n) is 9.57. The Morgan fingerprint density at radius 3 is 2.35 bits per heavy atom. The summed E-state index contributed by atoms with van der Waals surface area (Å²) in [5.74, 6) is 0. The second-order valence-corrected chi connectivity index (χ2v) is 11.2. The molecule has 1 aliphatic carbocycles. The number of ether oxygens (including phenoxy) is 1. The Morgan fingerprint density at radius 2 is 1.73 bits per heavy atom. The average Bonchev–Trinajstić information content (AvgIpc) is 3.63. The number of rotatable bonds is 7. The van der Waals surface area contributed by atoms with E-state index in [2.05, 4.69) is 16.0 Å². The molecule has 0 unspecified atom stereocenters. The van der Waals surface area contributed by atoms with E-state index < -0.39 is 17.6 Å². The molecule has 5 rings (SSSR count). The van der Waals surface area contributed by atoms with Gasteiger partial charge < -0.3 is 15.0 Å². The van der Waals surface area contributed by atoms with Gasteiger partial charge in [-0.15, -0.1) is 5.41 Å². The van der Waals surface area contributed by atoms with Crippen molar-refractivity contribution in [2.45, 2.75) is 45.1 Å². The van der Waals surface area contributed by atoms with Crippen LogP contribution >= 0.6 is 34.7 Å². The second kappa shape index (κ2) is 13.2. The van der Waals surface area contributed by atoms with E-state index in [9.17, 15) is 9.59 Å². The molecule has 2 N–H and O–H groups in total. The Balaban J connectivity index is 0.00000220. The van der Waals surface area contributed by atoms with Gasteiger partial charge in [-0.3, -0.25) is 11.6 Å². The maximum absolute atomic E-state index is 12.8. The van der Waals surface area contributed by atoms with Gasteiger partial charge in [-0.25, -0.2) is 4.79 Å². The zero-order chi connectivity index (χ0) is 27.0. The minimum Gasteiger partial charge on any atom is -0.870 e. The molecule has 40 heavy (non-hydrogen) atoms. The van der Waals surface area contributed by atoms with Crippen molar-refractivity contribution < 1.29 is 49.4 Å². The van der Waals surface area contributed by atoms with E-state index in [-0.39, 0.29) is 35.0 Å². The molecule has 3 aromatic carbocycles. The van der Waals surface area contributed by atoms with E-state index >= 15 is 0 Å². The molecule has 1 fully saturated rings. The summed E-state index contributed by atoms with van der Waals surface area (Å²) in [4.78, 5) is 24.9. The molecule has 1 amide bonds. The number of hydrogen-bond donors (Lipinski definition) is 1. The molecule has 1 aromatic heterocycles. The molecule has 6 nitrogen and oxygen atoms in total. The first-order valence-electron chi connectivity index (χ1n) is 12.2. The number of anilines is 1. The van der Waals surface area contributed by atoms with Gasteiger partial charge in [-0.2, -0.15) is 4.37 Å². The van der Waals surface area contributed by atoms with Gasteiger partial charge in [0.1, 0.15) is 6.10 Å². The van der Waals surface area contributed by atoms with Gasteiger partial charge in [-0.1, -0.05) is 84.1 Å². The summed E-state index contributed by atoms with van der Waals surface area (Å²) in [6.45, 7) is 5.62. The summed E-state index contributed by atoms with van der Waals surface area (Å²) in [6.07, 6.45) is 2.77. The summed E-state index contributed by atoms with van der Waals surface area (Å²) in [7, 11) is 0. The van der Waals surface area contributed by atoms with Crippen molar-refractivity contribution in [3.8, 4) is 21.6 Å². The Labute approximate surface area is 269 Å². The van der Waals surface area contributed by atoms with E-state index in [1.54, 1.807) is 13.0 Å². The molecular formula is C30H26Cl2N2NaO4S-. The molecule has 0 saturated heterocycles. The van der Waals surface area contributed by atoms with Gasteiger partial charge in [0, 0.05) is 21.2 Å². The van der Waals surface area contributed by atoms with Gasteiger partial charge >= 0.3 is 35.7 Å². The number of carbonyl (C=O) groups is 1. The van der Waals surface area contributed by atoms with E-state index in [0.29, 0.717) is 21.4 Å². The smallest absolute Gasteiger partial charge is 0.870 e. The molecule has 1 atom stereocenters. The Kier molecular flexibility index (Phi) is 10.6. The van der Waals surface area contributed by atoms with Crippen molar-refractivity contribution in [3.63, 3.8) is 0 Å². The van der Waals surface area contributed by atoms with Crippen LogP contribution in [-0.4, -0.2) is 22.2 Å². The summed E-state index contributed by atoms with van der Waals surface area (Å²) in [5, 5.41) is 3.93. The fourth-order valence-corrected chi connectivity index (χ4v) is 6.05. The number of nitrogens with one attached hydrogen (secondary N) is 1. The van der Waals surface area contributed by atoms with Crippen LogP contribution in [0.1, 0.15) is 48.3 Å². The van der Waals surface area contributed by atoms with Gasteiger partial charge in [0.05, 0.1) is 16.3 Å². The van der Waals surface area contributed by atoms with Crippen LogP contribution in [0, 0.1) is 13.8 Å². The first-order chi connectivity index (χ1) is 18.2. The zero-order valence-electron chi connectivity index (χ0n) is 22.5. The minimum absolute atomic E-state index is 0. The quantitative estimate of drug-likeness (QED) is 0.216. The van der Waals surface area contributed by atoms with Crippen molar-refractivity contribution in [1.29, 1.82) is 0 Å². The molecule has 1 heterocycles. The molecule has 4 aromatic rings. The van der Waals surface area contributed by atoms with Crippen LogP contribution in [0.3, 0.4) is 0 Å². The third kappa shape index (κ3) is 6.47. The largest absolute Gasteiger partial charge is 1.00 e. The number of aryl methyl sites for hydroxylation is 2.